The zero-order valence-corrected chi connectivity index (χ0v) is 11.4. The SMILES string of the molecule is COc1cc(Br)c(C)cc1OC(=O)CCCl. The summed E-state index contributed by atoms with van der Waals surface area (Å²) in [7, 11) is 1.52. The Hall–Kier alpha value is -0.740. The maximum absolute atomic E-state index is 11.3. The second kappa shape index (κ2) is 6.11. The Labute approximate surface area is 108 Å². The largest absolute Gasteiger partial charge is 0.493 e. The van der Waals surface area contributed by atoms with Crippen molar-refractivity contribution in [2.45, 2.75) is 13.3 Å². The Bertz CT molecular complexity index is 393. The Morgan fingerprint density at radius 2 is 2.12 bits per heavy atom. The molecule has 0 aliphatic rings. The summed E-state index contributed by atoms with van der Waals surface area (Å²) >= 11 is 8.83. The molecule has 1 aromatic rings. The first-order valence-electron chi connectivity index (χ1n) is 4.69. The van der Waals surface area contributed by atoms with Gasteiger partial charge >= 0.3 is 5.97 Å². The van der Waals surface area contributed by atoms with Gasteiger partial charge in [0, 0.05) is 10.4 Å². The molecule has 0 fully saturated rings. The fourth-order valence-corrected chi connectivity index (χ4v) is 1.60. The smallest absolute Gasteiger partial charge is 0.312 e. The van der Waals surface area contributed by atoms with Gasteiger partial charge < -0.3 is 9.47 Å². The van der Waals surface area contributed by atoms with Crippen LogP contribution in [0, 0.1) is 6.92 Å². The third-order valence-corrected chi connectivity index (χ3v) is 3.01. The van der Waals surface area contributed by atoms with E-state index in [0.717, 1.165) is 10.0 Å². The predicted molar refractivity (Wildman–Crippen MR) is 66.4 cm³/mol. The van der Waals surface area contributed by atoms with E-state index in [1.807, 2.05) is 6.92 Å². The van der Waals surface area contributed by atoms with Crippen molar-refractivity contribution in [1.29, 1.82) is 0 Å². The van der Waals surface area contributed by atoms with Crippen molar-refractivity contribution in [3.05, 3.63) is 22.2 Å². The first-order chi connectivity index (χ1) is 7.58. The zero-order valence-electron chi connectivity index (χ0n) is 9.05. The van der Waals surface area contributed by atoms with Gasteiger partial charge in [0.25, 0.3) is 0 Å². The summed E-state index contributed by atoms with van der Waals surface area (Å²) in [5.41, 5.74) is 0.967. The summed E-state index contributed by atoms with van der Waals surface area (Å²) in [6, 6.07) is 3.51. The van der Waals surface area contributed by atoms with E-state index in [1.165, 1.54) is 7.11 Å². The number of esters is 1. The van der Waals surface area contributed by atoms with E-state index in [9.17, 15) is 4.79 Å². The highest BCUT2D eigenvalue weighted by Crippen LogP contribution is 2.33. The third kappa shape index (κ3) is 3.39. The molecule has 0 N–H and O–H groups in total. The summed E-state index contributed by atoms with van der Waals surface area (Å²) in [4.78, 5) is 11.3. The van der Waals surface area contributed by atoms with Crippen LogP contribution in [-0.4, -0.2) is 19.0 Å². The average Bonchev–Trinajstić information content (AvgIpc) is 2.23. The Morgan fingerprint density at radius 3 is 2.69 bits per heavy atom. The van der Waals surface area contributed by atoms with E-state index in [1.54, 1.807) is 12.1 Å². The van der Waals surface area contributed by atoms with Gasteiger partial charge in [-0.25, -0.2) is 0 Å². The normalized spacial score (nSPS) is 10.0. The number of benzene rings is 1. The minimum absolute atomic E-state index is 0.180. The van der Waals surface area contributed by atoms with E-state index < -0.39 is 0 Å². The van der Waals surface area contributed by atoms with Crippen LogP contribution in [0.4, 0.5) is 0 Å². The van der Waals surface area contributed by atoms with Crippen LogP contribution in [0.2, 0.25) is 0 Å². The van der Waals surface area contributed by atoms with Crippen molar-refractivity contribution in [2.24, 2.45) is 0 Å². The lowest BCUT2D eigenvalue weighted by Gasteiger charge is -2.10. The highest BCUT2D eigenvalue weighted by Gasteiger charge is 2.11. The average molecular weight is 308 g/mol. The molecular formula is C11H12BrClO3. The Kier molecular flexibility index (Phi) is 5.09. The summed E-state index contributed by atoms with van der Waals surface area (Å²) in [5, 5.41) is 0. The second-order valence-electron chi connectivity index (χ2n) is 3.17. The first kappa shape index (κ1) is 13.3. The molecule has 1 aromatic carbocycles. The lowest BCUT2D eigenvalue weighted by atomic mass is 10.2. The van der Waals surface area contributed by atoms with Crippen LogP contribution in [0.5, 0.6) is 11.5 Å². The zero-order chi connectivity index (χ0) is 12.1. The number of hydrogen-bond donors (Lipinski definition) is 0. The molecular weight excluding hydrogens is 295 g/mol. The van der Waals surface area contributed by atoms with Gasteiger partial charge in [-0.3, -0.25) is 4.79 Å². The number of carbonyl (C=O) groups excluding carboxylic acids is 1. The molecule has 0 bridgehead atoms. The molecule has 0 amide bonds. The first-order valence-corrected chi connectivity index (χ1v) is 6.02. The summed E-state index contributed by atoms with van der Waals surface area (Å²) < 4.78 is 11.2. The number of rotatable bonds is 4. The molecule has 0 radical (unpaired) electrons. The highest BCUT2D eigenvalue weighted by molar-refractivity contribution is 9.10. The van der Waals surface area contributed by atoms with Crippen LogP contribution in [0.3, 0.4) is 0 Å². The molecule has 0 saturated carbocycles. The maximum atomic E-state index is 11.3. The lowest BCUT2D eigenvalue weighted by Crippen LogP contribution is -2.09. The molecule has 0 unspecified atom stereocenters. The number of alkyl halides is 1. The summed E-state index contributed by atoms with van der Waals surface area (Å²) in [6.07, 6.45) is 0.180. The van der Waals surface area contributed by atoms with Gasteiger partial charge in [0.05, 0.1) is 13.5 Å². The van der Waals surface area contributed by atoms with Crippen LogP contribution in [-0.2, 0) is 4.79 Å². The molecule has 0 atom stereocenters. The molecule has 0 saturated heterocycles. The van der Waals surface area contributed by atoms with Crippen LogP contribution in [0.25, 0.3) is 0 Å². The Balaban J connectivity index is 2.94. The van der Waals surface area contributed by atoms with Crippen molar-refractivity contribution >= 4 is 33.5 Å². The lowest BCUT2D eigenvalue weighted by molar-refractivity contribution is -0.134. The molecule has 3 nitrogen and oxygen atoms in total. The maximum Gasteiger partial charge on any atom is 0.312 e. The molecule has 0 heterocycles. The summed E-state index contributed by atoms with van der Waals surface area (Å²) in [6.45, 7) is 1.91. The number of methoxy groups -OCH3 is 1. The van der Waals surface area contributed by atoms with Gasteiger partial charge in [0.15, 0.2) is 11.5 Å². The molecule has 5 heteroatoms. The minimum atomic E-state index is -0.366. The standard InChI is InChI=1S/C11H12BrClO3/c1-7-5-10(16-11(14)3-4-13)9(15-2)6-8(7)12/h5-6H,3-4H2,1-2H3. The van der Waals surface area contributed by atoms with Gasteiger partial charge in [-0.1, -0.05) is 15.9 Å². The topological polar surface area (TPSA) is 35.5 Å². The molecule has 16 heavy (non-hydrogen) atoms. The fourth-order valence-electron chi connectivity index (χ4n) is 1.13. The number of carbonyl (C=O) groups is 1. The van der Waals surface area contributed by atoms with Crippen molar-refractivity contribution in [2.75, 3.05) is 13.0 Å². The van der Waals surface area contributed by atoms with Crippen LogP contribution in [0.1, 0.15) is 12.0 Å². The van der Waals surface area contributed by atoms with Crippen LogP contribution < -0.4 is 9.47 Å². The van der Waals surface area contributed by atoms with Gasteiger partial charge in [-0.05, 0) is 24.6 Å². The number of ether oxygens (including phenoxy) is 2. The third-order valence-electron chi connectivity index (χ3n) is 1.97. The quantitative estimate of drug-likeness (QED) is 0.486. The van der Waals surface area contributed by atoms with Gasteiger partial charge in [0.2, 0.25) is 0 Å². The fraction of sp³-hybridized carbons (Fsp3) is 0.364. The van der Waals surface area contributed by atoms with E-state index in [0.29, 0.717) is 11.5 Å². The van der Waals surface area contributed by atoms with Crippen LogP contribution in [0.15, 0.2) is 16.6 Å². The van der Waals surface area contributed by atoms with Gasteiger partial charge in [-0.2, -0.15) is 0 Å². The van der Waals surface area contributed by atoms with Gasteiger partial charge in [-0.15, -0.1) is 11.6 Å². The summed E-state index contributed by atoms with van der Waals surface area (Å²) in [5.74, 6) is 0.810. The minimum Gasteiger partial charge on any atom is -0.493 e. The second-order valence-corrected chi connectivity index (χ2v) is 4.40. The van der Waals surface area contributed by atoms with Crippen LogP contribution >= 0.6 is 27.5 Å². The van der Waals surface area contributed by atoms with E-state index in [-0.39, 0.29) is 18.3 Å². The van der Waals surface area contributed by atoms with E-state index >= 15 is 0 Å². The Morgan fingerprint density at radius 1 is 1.44 bits per heavy atom. The molecule has 0 spiro atoms. The molecule has 0 aromatic heterocycles. The predicted octanol–water partition coefficient (Wildman–Crippen LogP) is 3.30. The number of hydrogen-bond acceptors (Lipinski definition) is 3. The molecule has 88 valence electrons. The van der Waals surface area contributed by atoms with E-state index in [2.05, 4.69) is 15.9 Å². The van der Waals surface area contributed by atoms with Gasteiger partial charge in [0.1, 0.15) is 0 Å². The molecule has 0 aliphatic heterocycles. The number of halogens is 2. The van der Waals surface area contributed by atoms with Crippen molar-refractivity contribution in [3.63, 3.8) is 0 Å². The van der Waals surface area contributed by atoms with E-state index in [4.69, 9.17) is 21.1 Å². The van der Waals surface area contributed by atoms with Crippen molar-refractivity contribution in [1.82, 2.24) is 0 Å². The van der Waals surface area contributed by atoms with Crippen molar-refractivity contribution in [3.8, 4) is 11.5 Å². The molecule has 0 aliphatic carbocycles. The molecule has 1 rings (SSSR count). The highest BCUT2D eigenvalue weighted by atomic mass is 79.9. The number of aryl methyl sites for hydroxylation is 1. The van der Waals surface area contributed by atoms with Crippen molar-refractivity contribution < 1.29 is 14.3 Å². The monoisotopic (exact) mass is 306 g/mol.